The lowest BCUT2D eigenvalue weighted by Gasteiger charge is -2.33. The van der Waals surface area contributed by atoms with Gasteiger partial charge >= 0.3 is 0 Å². The molecule has 1 aliphatic heterocycles. The van der Waals surface area contributed by atoms with Crippen molar-refractivity contribution in [3.05, 3.63) is 5.89 Å². The molecule has 5 nitrogen and oxygen atoms in total. The zero-order valence-corrected chi connectivity index (χ0v) is 8.42. The molecule has 1 aromatic rings. The van der Waals surface area contributed by atoms with Gasteiger partial charge < -0.3 is 15.6 Å². The standard InChI is InChI=1S/C9H16N4O/c1-2-9(3-5-11-6-4-9)7-12-8(10)13-14-7/h11H,2-6H2,1H3,(H2,10,13). The maximum absolute atomic E-state index is 5.47. The molecule has 0 saturated carbocycles. The molecule has 0 aliphatic carbocycles. The van der Waals surface area contributed by atoms with E-state index in [2.05, 4.69) is 22.4 Å². The predicted octanol–water partition coefficient (Wildman–Crippen LogP) is 0.683. The molecule has 2 heterocycles. The van der Waals surface area contributed by atoms with Crippen molar-refractivity contribution in [3.8, 4) is 0 Å². The third-order valence-corrected chi connectivity index (χ3v) is 3.13. The van der Waals surface area contributed by atoms with E-state index in [9.17, 15) is 0 Å². The Hall–Kier alpha value is -1.10. The first-order valence-corrected chi connectivity index (χ1v) is 5.07. The first-order valence-electron chi connectivity index (χ1n) is 5.07. The summed E-state index contributed by atoms with van der Waals surface area (Å²) in [5.41, 5.74) is 5.52. The van der Waals surface area contributed by atoms with Crippen LogP contribution in [0, 0.1) is 0 Å². The summed E-state index contributed by atoms with van der Waals surface area (Å²) in [5, 5.41) is 6.99. The number of anilines is 1. The quantitative estimate of drug-likeness (QED) is 0.727. The van der Waals surface area contributed by atoms with Crippen molar-refractivity contribution in [2.75, 3.05) is 18.8 Å². The van der Waals surface area contributed by atoms with Crippen molar-refractivity contribution in [2.45, 2.75) is 31.6 Å². The van der Waals surface area contributed by atoms with E-state index in [1.807, 2.05) is 0 Å². The van der Waals surface area contributed by atoms with Crippen molar-refractivity contribution in [2.24, 2.45) is 0 Å². The number of aromatic nitrogens is 2. The van der Waals surface area contributed by atoms with Crippen LogP contribution in [0.3, 0.4) is 0 Å². The average Bonchev–Trinajstić information content (AvgIpc) is 2.66. The lowest BCUT2D eigenvalue weighted by molar-refractivity contribution is 0.216. The highest BCUT2D eigenvalue weighted by Gasteiger charge is 2.37. The second-order valence-electron chi connectivity index (χ2n) is 3.84. The molecule has 0 atom stereocenters. The Morgan fingerprint density at radius 1 is 1.50 bits per heavy atom. The summed E-state index contributed by atoms with van der Waals surface area (Å²) in [6.45, 7) is 4.18. The van der Waals surface area contributed by atoms with Crippen LogP contribution in [-0.4, -0.2) is 23.2 Å². The van der Waals surface area contributed by atoms with E-state index >= 15 is 0 Å². The van der Waals surface area contributed by atoms with Crippen molar-refractivity contribution < 1.29 is 4.52 Å². The fraction of sp³-hybridized carbons (Fsp3) is 0.778. The Balaban J connectivity index is 2.26. The Bertz CT molecular complexity index is 304. The van der Waals surface area contributed by atoms with Gasteiger partial charge in [0.2, 0.25) is 5.89 Å². The summed E-state index contributed by atoms with van der Waals surface area (Å²) in [4.78, 5) is 4.15. The van der Waals surface area contributed by atoms with Gasteiger partial charge in [0.25, 0.3) is 5.95 Å². The number of nitrogen functional groups attached to an aromatic ring is 1. The molecular weight excluding hydrogens is 180 g/mol. The van der Waals surface area contributed by atoms with Gasteiger partial charge in [-0.25, -0.2) is 0 Å². The minimum absolute atomic E-state index is 0.0515. The van der Waals surface area contributed by atoms with Gasteiger partial charge in [-0.05, 0) is 37.5 Å². The maximum atomic E-state index is 5.47. The van der Waals surface area contributed by atoms with E-state index in [-0.39, 0.29) is 11.4 Å². The summed E-state index contributed by atoms with van der Waals surface area (Å²) in [6, 6.07) is 0. The predicted molar refractivity (Wildman–Crippen MR) is 52.8 cm³/mol. The van der Waals surface area contributed by atoms with E-state index in [0.717, 1.165) is 32.4 Å². The Morgan fingerprint density at radius 2 is 2.21 bits per heavy atom. The number of nitrogens with one attached hydrogen (secondary N) is 1. The molecule has 0 radical (unpaired) electrons. The molecule has 0 spiro atoms. The van der Waals surface area contributed by atoms with Crippen LogP contribution in [0.1, 0.15) is 32.1 Å². The van der Waals surface area contributed by atoms with E-state index in [1.54, 1.807) is 0 Å². The van der Waals surface area contributed by atoms with Crippen LogP contribution in [0.15, 0.2) is 4.52 Å². The normalized spacial score (nSPS) is 20.9. The maximum Gasteiger partial charge on any atom is 0.260 e. The zero-order chi connectivity index (χ0) is 10.0. The van der Waals surface area contributed by atoms with Crippen LogP contribution >= 0.6 is 0 Å². The third-order valence-electron chi connectivity index (χ3n) is 3.13. The van der Waals surface area contributed by atoms with Crippen molar-refractivity contribution >= 4 is 5.95 Å². The molecule has 0 bridgehead atoms. The monoisotopic (exact) mass is 196 g/mol. The first-order chi connectivity index (χ1) is 6.77. The SMILES string of the molecule is CCC1(c2nc(N)no2)CCNCC1. The van der Waals surface area contributed by atoms with Gasteiger partial charge in [0.05, 0.1) is 5.41 Å². The van der Waals surface area contributed by atoms with Gasteiger partial charge in [0.1, 0.15) is 0 Å². The van der Waals surface area contributed by atoms with Gasteiger partial charge in [-0.3, -0.25) is 0 Å². The largest absolute Gasteiger partial charge is 0.365 e. The lowest BCUT2D eigenvalue weighted by Crippen LogP contribution is -2.39. The van der Waals surface area contributed by atoms with Gasteiger partial charge in [0.15, 0.2) is 0 Å². The Labute approximate surface area is 83.1 Å². The van der Waals surface area contributed by atoms with Crippen LogP contribution in [-0.2, 0) is 5.41 Å². The van der Waals surface area contributed by atoms with Crippen LogP contribution in [0.5, 0.6) is 0 Å². The van der Waals surface area contributed by atoms with Crippen molar-refractivity contribution in [1.29, 1.82) is 0 Å². The minimum Gasteiger partial charge on any atom is -0.365 e. The zero-order valence-electron chi connectivity index (χ0n) is 8.42. The number of hydrogen-bond acceptors (Lipinski definition) is 5. The molecule has 1 aromatic heterocycles. The average molecular weight is 196 g/mol. The minimum atomic E-state index is 0.0515. The summed E-state index contributed by atoms with van der Waals surface area (Å²) in [5.74, 6) is 0.949. The van der Waals surface area contributed by atoms with E-state index in [1.165, 1.54) is 0 Å². The number of nitrogens with zero attached hydrogens (tertiary/aromatic N) is 2. The molecule has 2 rings (SSSR count). The smallest absolute Gasteiger partial charge is 0.260 e. The highest BCUT2D eigenvalue weighted by atomic mass is 16.5. The summed E-state index contributed by atoms with van der Waals surface area (Å²) in [7, 11) is 0. The molecule has 14 heavy (non-hydrogen) atoms. The molecule has 1 saturated heterocycles. The van der Waals surface area contributed by atoms with E-state index < -0.39 is 0 Å². The van der Waals surface area contributed by atoms with Crippen LogP contribution in [0.25, 0.3) is 0 Å². The van der Waals surface area contributed by atoms with Crippen LogP contribution in [0.4, 0.5) is 5.95 Å². The van der Waals surface area contributed by atoms with Crippen LogP contribution < -0.4 is 11.1 Å². The first kappa shape index (κ1) is 9.45. The third kappa shape index (κ3) is 1.48. The molecule has 0 aromatic carbocycles. The second kappa shape index (κ2) is 3.57. The Morgan fingerprint density at radius 3 is 2.71 bits per heavy atom. The number of nitrogens with two attached hydrogens (primary N) is 1. The molecule has 1 fully saturated rings. The lowest BCUT2D eigenvalue weighted by atomic mass is 9.76. The van der Waals surface area contributed by atoms with E-state index in [4.69, 9.17) is 10.3 Å². The van der Waals surface area contributed by atoms with Crippen LogP contribution in [0.2, 0.25) is 0 Å². The topological polar surface area (TPSA) is 77.0 Å². The summed E-state index contributed by atoms with van der Waals surface area (Å²) >= 11 is 0. The number of rotatable bonds is 2. The van der Waals surface area contributed by atoms with Crippen molar-refractivity contribution in [3.63, 3.8) is 0 Å². The molecule has 1 aliphatic rings. The fourth-order valence-corrected chi connectivity index (χ4v) is 2.07. The van der Waals surface area contributed by atoms with Gasteiger partial charge in [-0.2, -0.15) is 4.98 Å². The summed E-state index contributed by atoms with van der Waals surface area (Å²) in [6.07, 6.45) is 3.12. The molecule has 78 valence electrons. The highest BCUT2D eigenvalue weighted by molar-refractivity contribution is 5.16. The molecule has 3 N–H and O–H groups in total. The highest BCUT2D eigenvalue weighted by Crippen LogP contribution is 2.35. The molecule has 0 amide bonds. The fourth-order valence-electron chi connectivity index (χ4n) is 2.07. The van der Waals surface area contributed by atoms with Gasteiger partial charge in [-0.1, -0.05) is 6.92 Å². The number of hydrogen-bond donors (Lipinski definition) is 2. The van der Waals surface area contributed by atoms with Gasteiger partial charge in [0, 0.05) is 0 Å². The second-order valence-corrected chi connectivity index (χ2v) is 3.84. The van der Waals surface area contributed by atoms with Crippen molar-refractivity contribution in [1.82, 2.24) is 15.5 Å². The van der Waals surface area contributed by atoms with E-state index in [0.29, 0.717) is 5.89 Å². The Kier molecular flexibility index (Phi) is 2.41. The number of piperidine rings is 1. The molecule has 5 heteroatoms. The summed E-state index contributed by atoms with van der Waals surface area (Å²) < 4.78 is 5.18. The van der Waals surface area contributed by atoms with Gasteiger partial charge in [-0.15, -0.1) is 0 Å². The molecule has 0 unspecified atom stereocenters. The molecular formula is C9H16N4O.